The summed E-state index contributed by atoms with van der Waals surface area (Å²) in [4.78, 5) is 20.9. The molecule has 9 heteroatoms. The fourth-order valence-electron chi connectivity index (χ4n) is 2.78. The molecule has 8 nitrogen and oxygen atoms in total. The second-order valence-electron chi connectivity index (χ2n) is 6.26. The molecule has 4 aromatic rings. The molecule has 146 valence electrons. The van der Waals surface area contributed by atoms with E-state index in [4.69, 9.17) is 16.3 Å². The maximum Gasteiger partial charge on any atom is 0.269 e. The number of carbonyl (C=O) groups is 1. The van der Waals surface area contributed by atoms with Crippen LogP contribution in [-0.4, -0.2) is 32.8 Å². The van der Waals surface area contributed by atoms with Crippen LogP contribution in [0, 0.1) is 6.92 Å². The quantitative estimate of drug-likeness (QED) is 0.490. The van der Waals surface area contributed by atoms with E-state index in [-0.39, 0.29) is 5.91 Å². The number of nitrogens with zero attached hydrogens (tertiary/aromatic N) is 4. The smallest absolute Gasteiger partial charge is 0.269 e. The minimum Gasteiger partial charge on any atom is -0.497 e. The molecule has 0 atom stereocenters. The molecule has 4 rings (SSSR count). The maximum atomic E-state index is 12.4. The molecule has 2 heterocycles. The number of rotatable bonds is 5. The van der Waals surface area contributed by atoms with E-state index in [2.05, 4.69) is 25.9 Å². The van der Waals surface area contributed by atoms with E-state index in [1.165, 1.54) is 6.33 Å². The van der Waals surface area contributed by atoms with Crippen molar-refractivity contribution in [3.05, 3.63) is 71.1 Å². The molecule has 1 amide bonds. The van der Waals surface area contributed by atoms with Gasteiger partial charge in [0.2, 0.25) is 0 Å². The first-order valence-corrected chi connectivity index (χ1v) is 9.10. The first-order chi connectivity index (χ1) is 14.1. The van der Waals surface area contributed by atoms with Crippen molar-refractivity contribution in [2.45, 2.75) is 6.92 Å². The summed E-state index contributed by atoms with van der Waals surface area (Å²) in [6.07, 6.45) is 3.03. The predicted octanol–water partition coefficient (Wildman–Crippen LogP) is 3.54. The Kier molecular flexibility index (Phi) is 5.01. The number of ether oxygens (including phenoxy) is 1. The maximum absolute atomic E-state index is 12.4. The molecule has 0 aliphatic heterocycles. The Morgan fingerprint density at radius 2 is 1.93 bits per heavy atom. The van der Waals surface area contributed by atoms with E-state index in [1.54, 1.807) is 42.3 Å². The minimum absolute atomic E-state index is 0.308. The van der Waals surface area contributed by atoms with Crippen molar-refractivity contribution in [3.63, 3.8) is 0 Å². The molecule has 0 fully saturated rings. The molecule has 29 heavy (non-hydrogen) atoms. The third kappa shape index (κ3) is 3.70. The van der Waals surface area contributed by atoms with E-state index >= 15 is 0 Å². The summed E-state index contributed by atoms with van der Waals surface area (Å²) >= 11 is 6.23. The van der Waals surface area contributed by atoms with Gasteiger partial charge in [0.1, 0.15) is 12.1 Å². The van der Waals surface area contributed by atoms with Crippen LogP contribution in [0.3, 0.4) is 0 Å². The lowest BCUT2D eigenvalue weighted by molar-refractivity contribution is 0.0962. The Bertz CT molecular complexity index is 1190. The zero-order chi connectivity index (χ0) is 20.4. The molecular formula is C20H17ClN6O2. The Labute approximate surface area is 171 Å². The number of amides is 1. The predicted molar refractivity (Wildman–Crippen MR) is 110 cm³/mol. The topological polar surface area (TPSA) is 94.0 Å². The first-order valence-electron chi connectivity index (χ1n) is 8.72. The van der Waals surface area contributed by atoms with Crippen molar-refractivity contribution in [1.82, 2.24) is 25.2 Å². The zero-order valence-electron chi connectivity index (χ0n) is 15.7. The molecule has 0 saturated carbocycles. The van der Waals surface area contributed by atoms with Crippen molar-refractivity contribution in [3.8, 4) is 11.4 Å². The fraction of sp³-hybridized carbons (Fsp3) is 0.100. The van der Waals surface area contributed by atoms with Crippen LogP contribution >= 0.6 is 11.6 Å². The van der Waals surface area contributed by atoms with Crippen LogP contribution in [-0.2, 0) is 0 Å². The summed E-state index contributed by atoms with van der Waals surface area (Å²) in [5, 5.41) is 5.69. The van der Waals surface area contributed by atoms with Crippen molar-refractivity contribution in [1.29, 1.82) is 0 Å². The SMILES string of the molecule is COc1ccc(C(=O)NNc2ncnc3c2cnn3-c2ccc(C)c(Cl)c2)cc1. The number of hydrogen-bond acceptors (Lipinski definition) is 6. The number of fused-ring (bicyclic) bond motifs is 1. The molecule has 2 N–H and O–H groups in total. The minimum atomic E-state index is -0.308. The lowest BCUT2D eigenvalue weighted by Crippen LogP contribution is -2.29. The molecular weight excluding hydrogens is 392 g/mol. The van der Waals surface area contributed by atoms with E-state index in [0.29, 0.717) is 33.2 Å². The van der Waals surface area contributed by atoms with Crippen molar-refractivity contribution in [2.75, 3.05) is 12.5 Å². The van der Waals surface area contributed by atoms with Crippen LogP contribution in [0.2, 0.25) is 5.02 Å². The van der Waals surface area contributed by atoms with Crippen LogP contribution in [0.5, 0.6) is 5.75 Å². The number of nitrogens with one attached hydrogen (secondary N) is 2. The summed E-state index contributed by atoms with van der Waals surface area (Å²) in [5.41, 5.74) is 8.29. The molecule has 2 aromatic carbocycles. The highest BCUT2D eigenvalue weighted by molar-refractivity contribution is 6.31. The van der Waals surface area contributed by atoms with Gasteiger partial charge in [0, 0.05) is 10.6 Å². The van der Waals surface area contributed by atoms with Crippen LogP contribution in [0.4, 0.5) is 5.82 Å². The van der Waals surface area contributed by atoms with Gasteiger partial charge >= 0.3 is 0 Å². The van der Waals surface area contributed by atoms with Gasteiger partial charge in [0.05, 0.1) is 24.4 Å². The van der Waals surface area contributed by atoms with Crippen LogP contribution in [0.25, 0.3) is 16.7 Å². The zero-order valence-corrected chi connectivity index (χ0v) is 16.4. The number of hydrazine groups is 1. The number of hydrogen-bond donors (Lipinski definition) is 2. The van der Waals surface area contributed by atoms with Gasteiger partial charge in [0.25, 0.3) is 5.91 Å². The number of anilines is 1. The summed E-state index contributed by atoms with van der Waals surface area (Å²) in [7, 11) is 1.57. The van der Waals surface area contributed by atoms with Crippen LogP contribution in [0.1, 0.15) is 15.9 Å². The number of aromatic nitrogens is 4. The van der Waals surface area contributed by atoms with Gasteiger partial charge < -0.3 is 4.74 Å². The molecule has 0 aliphatic rings. The standard InChI is InChI=1S/C20H17ClN6O2/c1-12-3-6-14(9-17(12)21)27-19-16(10-24-27)18(22-11-23-19)25-26-20(28)13-4-7-15(29-2)8-5-13/h3-11H,1-2H3,(H,26,28)(H,22,23,25). The molecule has 0 unspecified atom stereocenters. The van der Waals surface area contributed by atoms with Gasteiger partial charge in [-0.2, -0.15) is 5.10 Å². The second kappa shape index (κ2) is 7.76. The second-order valence-corrected chi connectivity index (χ2v) is 6.66. The molecule has 2 aromatic heterocycles. The molecule has 0 saturated heterocycles. The Morgan fingerprint density at radius 1 is 1.14 bits per heavy atom. The highest BCUT2D eigenvalue weighted by Gasteiger charge is 2.13. The summed E-state index contributed by atoms with van der Waals surface area (Å²) in [6.45, 7) is 1.93. The van der Waals surface area contributed by atoms with Crippen molar-refractivity contribution < 1.29 is 9.53 Å². The van der Waals surface area contributed by atoms with Crippen molar-refractivity contribution >= 4 is 34.4 Å². The van der Waals surface area contributed by atoms with E-state index in [0.717, 1.165) is 11.3 Å². The number of methoxy groups -OCH3 is 1. The molecule has 0 spiro atoms. The van der Waals surface area contributed by atoms with Crippen molar-refractivity contribution in [2.24, 2.45) is 0 Å². The number of benzene rings is 2. The molecule has 0 bridgehead atoms. The highest BCUT2D eigenvalue weighted by atomic mass is 35.5. The highest BCUT2D eigenvalue weighted by Crippen LogP contribution is 2.24. The third-order valence-electron chi connectivity index (χ3n) is 4.41. The van der Waals surface area contributed by atoms with E-state index in [1.807, 2.05) is 25.1 Å². The lowest BCUT2D eigenvalue weighted by atomic mass is 10.2. The lowest BCUT2D eigenvalue weighted by Gasteiger charge is -2.09. The van der Waals surface area contributed by atoms with Gasteiger partial charge in [0.15, 0.2) is 11.5 Å². The van der Waals surface area contributed by atoms with Gasteiger partial charge in [-0.3, -0.25) is 15.6 Å². The van der Waals surface area contributed by atoms with Gasteiger partial charge in [-0.15, -0.1) is 0 Å². The Balaban J connectivity index is 1.57. The average molecular weight is 409 g/mol. The van der Waals surface area contributed by atoms with E-state index < -0.39 is 0 Å². The van der Waals surface area contributed by atoms with Gasteiger partial charge in [-0.05, 0) is 48.9 Å². The number of aryl methyl sites for hydroxylation is 1. The van der Waals surface area contributed by atoms with E-state index in [9.17, 15) is 4.79 Å². The van der Waals surface area contributed by atoms with Gasteiger partial charge in [-0.25, -0.2) is 14.6 Å². The third-order valence-corrected chi connectivity index (χ3v) is 4.82. The summed E-state index contributed by atoms with van der Waals surface area (Å²) < 4.78 is 6.76. The van der Waals surface area contributed by atoms with Crippen LogP contribution in [0.15, 0.2) is 55.0 Å². The number of halogens is 1. The Hall–Kier alpha value is -3.65. The average Bonchev–Trinajstić information content (AvgIpc) is 3.19. The first kappa shape index (κ1) is 18.7. The summed E-state index contributed by atoms with van der Waals surface area (Å²) in [5.74, 6) is 0.800. The fourth-order valence-corrected chi connectivity index (χ4v) is 2.95. The van der Waals surface area contributed by atoms with Gasteiger partial charge in [-0.1, -0.05) is 17.7 Å². The Morgan fingerprint density at radius 3 is 2.66 bits per heavy atom. The molecule has 0 radical (unpaired) electrons. The number of carbonyl (C=O) groups excluding carboxylic acids is 1. The normalized spacial score (nSPS) is 10.7. The summed E-state index contributed by atoms with van der Waals surface area (Å²) in [6, 6.07) is 12.4. The van der Waals surface area contributed by atoms with Crippen LogP contribution < -0.4 is 15.6 Å². The monoisotopic (exact) mass is 408 g/mol. The largest absolute Gasteiger partial charge is 0.497 e. The molecule has 0 aliphatic carbocycles.